The number of benzene rings is 2. The Morgan fingerprint density at radius 2 is 2.06 bits per heavy atom. The number of hydrogen-bond acceptors (Lipinski definition) is 6. The van der Waals surface area contributed by atoms with Gasteiger partial charge in [-0.2, -0.15) is 0 Å². The molecule has 1 aromatic heterocycles. The van der Waals surface area contributed by atoms with E-state index in [4.69, 9.17) is 16.1 Å². The number of anilines is 2. The van der Waals surface area contributed by atoms with Crippen molar-refractivity contribution in [1.29, 1.82) is 0 Å². The molecule has 0 spiro atoms. The van der Waals surface area contributed by atoms with Gasteiger partial charge in [0.25, 0.3) is 12.1 Å². The van der Waals surface area contributed by atoms with Gasteiger partial charge in [0.1, 0.15) is 5.70 Å². The number of rotatable bonds is 5. The highest BCUT2D eigenvalue weighted by molar-refractivity contribution is 8.14. The van der Waals surface area contributed by atoms with Crippen LogP contribution in [0.2, 0.25) is 5.02 Å². The minimum absolute atomic E-state index is 0.0320. The topological polar surface area (TPSA) is 91.7 Å². The summed E-state index contributed by atoms with van der Waals surface area (Å²) in [6.07, 6.45) is 3.22. The van der Waals surface area contributed by atoms with Crippen molar-refractivity contribution in [3.63, 3.8) is 0 Å². The van der Waals surface area contributed by atoms with E-state index in [1.807, 2.05) is 36.4 Å². The molecule has 31 heavy (non-hydrogen) atoms. The minimum Gasteiger partial charge on any atom is -0.288 e. The smallest absolute Gasteiger partial charge is 0.288 e. The van der Waals surface area contributed by atoms with Gasteiger partial charge in [-0.25, -0.2) is 4.99 Å². The summed E-state index contributed by atoms with van der Waals surface area (Å²) in [5.74, 6) is -0.322. The number of aliphatic imine (C=N–C) groups is 1. The van der Waals surface area contributed by atoms with Crippen LogP contribution in [0.25, 0.3) is 6.08 Å². The normalized spacial score (nSPS) is 14.8. The molecule has 0 saturated carbocycles. The van der Waals surface area contributed by atoms with Crippen LogP contribution >= 0.6 is 23.4 Å². The number of aromatic nitrogens is 2. The second-order valence-electron chi connectivity index (χ2n) is 6.53. The Morgan fingerprint density at radius 3 is 2.77 bits per heavy atom. The monoisotopic (exact) mass is 454 g/mol. The zero-order chi connectivity index (χ0) is 21.8. The van der Waals surface area contributed by atoms with Gasteiger partial charge in [0, 0.05) is 5.02 Å². The number of amidine groups is 1. The number of hydrogen-bond donors (Lipinski definition) is 1. The van der Waals surface area contributed by atoms with Crippen LogP contribution in [0.3, 0.4) is 0 Å². The first-order valence-electron chi connectivity index (χ1n) is 9.20. The summed E-state index contributed by atoms with van der Waals surface area (Å²) in [5, 5.41) is 7.23. The molecule has 0 bridgehead atoms. The van der Waals surface area contributed by atoms with Crippen molar-refractivity contribution in [2.24, 2.45) is 12.0 Å². The quantitative estimate of drug-likeness (QED) is 0.472. The molecule has 0 atom stereocenters. The lowest BCUT2D eigenvalue weighted by atomic mass is 10.2. The highest BCUT2D eigenvalue weighted by Gasteiger charge is 2.32. The van der Waals surface area contributed by atoms with Crippen molar-refractivity contribution in [3.05, 3.63) is 77.1 Å². The number of carbonyl (C=O) groups excluding carboxylic acids is 2. The Hall–Kier alpha value is -3.43. The second kappa shape index (κ2) is 9.15. The Kier molecular flexibility index (Phi) is 6.15. The number of nitrogens with one attached hydrogen (secondary N) is 1. The minimum atomic E-state index is -0.308. The van der Waals surface area contributed by atoms with E-state index in [2.05, 4.69) is 15.6 Å². The molecule has 0 aliphatic carbocycles. The highest BCUT2D eigenvalue weighted by atomic mass is 35.5. The van der Waals surface area contributed by atoms with Gasteiger partial charge in [-0.3, -0.25) is 24.3 Å². The maximum absolute atomic E-state index is 13.1. The molecule has 0 saturated heterocycles. The van der Waals surface area contributed by atoms with E-state index in [0.29, 0.717) is 15.9 Å². The van der Waals surface area contributed by atoms with E-state index in [-0.39, 0.29) is 29.1 Å². The van der Waals surface area contributed by atoms with Crippen molar-refractivity contribution in [1.82, 2.24) is 5.27 Å². The van der Waals surface area contributed by atoms with Crippen LogP contribution in [0.15, 0.2) is 76.0 Å². The van der Waals surface area contributed by atoms with E-state index in [9.17, 15) is 9.59 Å². The zero-order valence-corrected chi connectivity index (χ0v) is 17.9. The number of thioether (sulfide) groups is 1. The fourth-order valence-electron chi connectivity index (χ4n) is 2.84. The van der Waals surface area contributed by atoms with Gasteiger partial charge < -0.3 is 0 Å². The van der Waals surface area contributed by atoms with Crippen LogP contribution in [-0.2, 0) is 16.6 Å². The van der Waals surface area contributed by atoms with Gasteiger partial charge in [-0.15, -0.1) is 0 Å². The number of aryl methyl sites for hydroxylation is 1. The summed E-state index contributed by atoms with van der Waals surface area (Å²) >= 11 is 7.20. The van der Waals surface area contributed by atoms with Gasteiger partial charge in [-0.05, 0) is 35.9 Å². The Morgan fingerprint density at radius 1 is 1.26 bits per heavy atom. The first-order valence-corrected chi connectivity index (χ1v) is 10.6. The maximum Gasteiger partial charge on any atom is 0.302 e. The first-order chi connectivity index (χ1) is 15.0. The summed E-state index contributed by atoms with van der Waals surface area (Å²) in [6, 6.07) is 16.3. The predicted molar refractivity (Wildman–Crippen MR) is 120 cm³/mol. The Labute approximate surface area is 187 Å². The van der Waals surface area contributed by atoms with Crippen LogP contribution < -0.4 is 14.9 Å². The summed E-state index contributed by atoms with van der Waals surface area (Å²) in [6.45, 7) is 0. The molecular weight excluding hydrogens is 438 g/mol. The van der Waals surface area contributed by atoms with E-state index in [0.717, 1.165) is 17.3 Å². The third-order valence-electron chi connectivity index (χ3n) is 4.16. The number of amides is 2. The molecule has 0 fully saturated rings. The van der Waals surface area contributed by atoms with E-state index < -0.39 is 0 Å². The molecule has 4 rings (SSSR count). The Balaban J connectivity index is 1.56. The molecule has 0 unspecified atom stereocenters. The van der Waals surface area contributed by atoms with Gasteiger partial charge in [-0.1, -0.05) is 58.4 Å². The third kappa shape index (κ3) is 5.01. The number of para-hydroxylation sites is 1. The van der Waals surface area contributed by atoms with Crippen LogP contribution in [0.4, 0.5) is 11.6 Å². The maximum atomic E-state index is 13.1. The van der Waals surface area contributed by atoms with Crippen LogP contribution in [-0.4, -0.2) is 28.0 Å². The van der Waals surface area contributed by atoms with Gasteiger partial charge in [0.05, 0.1) is 11.4 Å². The highest BCUT2D eigenvalue weighted by Crippen LogP contribution is 2.29. The van der Waals surface area contributed by atoms with Crippen molar-refractivity contribution < 1.29 is 18.8 Å². The van der Waals surface area contributed by atoms with Crippen LogP contribution in [0, 0.1) is 0 Å². The largest absolute Gasteiger partial charge is 0.302 e. The summed E-state index contributed by atoms with van der Waals surface area (Å²) in [7, 11) is 1.68. The molecule has 0 radical (unpaired) electrons. The fourth-order valence-corrected chi connectivity index (χ4v) is 3.85. The van der Waals surface area contributed by atoms with Crippen LogP contribution in [0.1, 0.15) is 5.56 Å². The lowest BCUT2D eigenvalue weighted by Crippen LogP contribution is -2.31. The summed E-state index contributed by atoms with van der Waals surface area (Å²) in [4.78, 5) is 31.4. The lowest BCUT2D eigenvalue weighted by molar-refractivity contribution is -0.739. The average Bonchev–Trinajstić information content (AvgIpc) is 3.29. The lowest BCUT2D eigenvalue weighted by Gasteiger charge is -2.17. The van der Waals surface area contributed by atoms with Crippen molar-refractivity contribution in [3.8, 4) is 0 Å². The fraction of sp³-hybridized carbons (Fsp3) is 0.0952. The molecule has 156 valence electrons. The van der Waals surface area contributed by atoms with Gasteiger partial charge in [0.2, 0.25) is 5.91 Å². The molecule has 2 aromatic carbocycles. The molecule has 2 amide bonds. The van der Waals surface area contributed by atoms with E-state index in [1.165, 1.54) is 9.58 Å². The molecule has 3 aromatic rings. The van der Waals surface area contributed by atoms with E-state index in [1.54, 1.807) is 37.5 Å². The molecule has 8 nitrogen and oxygen atoms in total. The van der Waals surface area contributed by atoms with Crippen molar-refractivity contribution in [2.75, 3.05) is 16.0 Å². The van der Waals surface area contributed by atoms with Gasteiger partial charge >= 0.3 is 5.88 Å². The molecular formula is C21H17ClN5O3S+. The number of halogens is 1. The standard InChI is InChI=1S/C21H16ClN5O3S/c1-26-12-19(30-25-26)24-18(28)13-31-21-23-17(11-14-6-5-7-15(22)10-14)20(29)27(21)16-8-3-2-4-9-16/h2-12H,13H2,1H3/p+1/b17-11+. The molecule has 1 aliphatic heterocycles. The van der Waals surface area contributed by atoms with E-state index >= 15 is 0 Å². The Bertz CT molecular complexity index is 1190. The molecule has 1 N–H and O–H groups in total. The summed E-state index contributed by atoms with van der Waals surface area (Å²) < 4.78 is 6.40. The predicted octanol–water partition coefficient (Wildman–Crippen LogP) is 3.27. The first kappa shape index (κ1) is 20.8. The van der Waals surface area contributed by atoms with Crippen molar-refractivity contribution in [2.45, 2.75) is 0 Å². The van der Waals surface area contributed by atoms with Crippen LogP contribution in [0.5, 0.6) is 0 Å². The summed E-state index contributed by atoms with van der Waals surface area (Å²) in [5.41, 5.74) is 1.68. The number of carbonyl (C=O) groups is 2. The third-order valence-corrected chi connectivity index (χ3v) is 5.34. The zero-order valence-electron chi connectivity index (χ0n) is 16.4. The SMILES string of the molecule is C[n+]1cc(NC(=O)CSC2=N/C(=C/c3cccc(Cl)c3)C(=O)N2c2ccccc2)on1. The molecule has 2 heterocycles. The molecule has 1 aliphatic rings. The number of nitrogens with zero attached hydrogens (tertiary/aromatic N) is 4. The van der Waals surface area contributed by atoms with Gasteiger partial charge in [0.15, 0.2) is 17.5 Å². The second-order valence-corrected chi connectivity index (χ2v) is 7.91. The average molecular weight is 455 g/mol. The molecule has 10 heteroatoms. The van der Waals surface area contributed by atoms with Crippen molar-refractivity contribution >= 4 is 58.0 Å².